The van der Waals surface area contributed by atoms with Gasteiger partial charge in [-0.3, -0.25) is 4.98 Å². The van der Waals surface area contributed by atoms with Crippen molar-refractivity contribution in [3.8, 4) is 5.75 Å². The number of hydrogen-bond acceptors (Lipinski definition) is 3. The minimum absolute atomic E-state index is 0.260. The van der Waals surface area contributed by atoms with Gasteiger partial charge in [-0.05, 0) is 60.4 Å². The van der Waals surface area contributed by atoms with Crippen LogP contribution in [0.5, 0.6) is 5.75 Å². The molecule has 1 aliphatic carbocycles. The van der Waals surface area contributed by atoms with E-state index in [9.17, 15) is 5.11 Å². The van der Waals surface area contributed by atoms with Crippen molar-refractivity contribution in [3.63, 3.8) is 0 Å². The quantitative estimate of drug-likeness (QED) is 0.587. The predicted octanol–water partition coefficient (Wildman–Crippen LogP) is 5.20. The molecule has 5 heteroatoms. The number of benzene rings is 1. The molecule has 1 fully saturated rings. The monoisotopic (exact) mass is 410 g/mol. The summed E-state index contributed by atoms with van der Waals surface area (Å²) < 4.78 is 5.97. The number of fused-ring (bicyclic) bond motifs is 2. The van der Waals surface area contributed by atoms with E-state index >= 15 is 0 Å². The zero-order chi connectivity index (χ0) is 20.2. The molecule has 1 unspecified atom stereocenters. The van der Waals surface area contributed by atoms with E-state index in [-0.39, 0.29) is 5.41 Å². The molecular formula is C24H27ClN2O2. The summed E-state index contributed by atoms with van der Waals surface area (Å²) in [6.07, 6.45) is 7.97. The SMILES string of the molecule is CC(C)(CC(O)(Cc1cc2ccncc2[nH]1)C1CC1)c1cc(Cl)cc2c1OCC2. The molecule has 1 aliphatic heterocycles. The van der Waals surface area contributed by atoms with Crippen LogP contribution < -0.4 is 4.74 Å². The first kappa shape index (κ1) is 19.0. The van der Waals surface area contributed by atoms with E-state index in [2.05, 4.69) is 29.9 Å². The van der Waals surface area contributed by atoms with Crippen LogP contribution in [-0.4, -0.2) is 27.3 Å². The standard InChI is InChI=1S/C24H27ClN2O2/c1-23(2,20-11-18(25)9-16-6-8-29-22(16)20)14-24(28,17-3-4-17)12-19-10-15-5-7-26-13-21(15)27-19/h5,7,9-11,13,17,27-28H,3-4,6,8,12,14H2,1-2H3. The van der Waals surface area contributed by atoms with Crippen LogP contribution in [0.25, 0.3) is 10.9 Å². The van der Waals surface area contributed by atoms with E-state index < -0.39 is 5.60 Å². The Morgan fingerprint density at radius 2 is 2.10 bits per heavy atom. The molecule has 0 spiro atoms. The zero-order valence-corrected chi connectivity index (χ0v) is 17.7. The van der Waals surface area contributed by atoms with E-state index in [0.717, 1.165) is 52.2 Å². The molecule has 5 rings (SSSR count). The van der Waals surface area contributed by atoms with Crippen LogP contribution in [-0.2, 0) is 18.3 Å². The number of rotatable bonds is 6. The first-order valence-corrected chi connectivity index (χ1v) is 10.8. The lowest BCUT2D eigenvalue weighted by molar-refractivity contribution is -0.00889. The van der Waals surface area contributed by atoms with Crippen molar-refractivity contribution < 1.29 is 9.84 Å². The third-order valence-electron chi connectivity index (χ3n) is 6.54. The Bertz CT molecular complexity index is 1040. The summed E-state index contributed by atoms with van der Waals surface area (Å²) in [5, 5.41) is 13.7. The van der Waals surface area contributed by atoms with Crippen LogP contribution in [0.4, 0.5) is 0 Å². The Kier molecular flexibility index (Phi) is 4.41. The van der Waals surface area contributed by atoms with Crippen LogP contribution in [0, 0.1) is 5.92 Å². The Hall–Kier alpha value is -2.04. The molecule has 0 saturated heterocycles. The number of ether oxygens (including phenoxy) is 1. The van der Waals surface area contributed by atoms with Gasteiger partial charge in [0.1, 0.15) is 5.75 Å². The minimum Gasteiger partial charge on any atom is -0.493 e. The van der Waals surface area contributed by atoms with E-state index in [1.54, 1.807) is 6.20 Å². The number of nitrogens with zero attached hydrogens (tertiary/aromatic N) is 1. The molecule has 3 aromatic rings. The summed E-state index contributed by atoms with van der Waals surface area (Å²) in [5.74, 6) is 1.30. The molecule has 2 aliphatic rings. The van der Waals surface area contributed by atoms with E-state index in [4.69, 9.17) is 16.3 Å². The highest BCUT2D eigenvalue weighted by Crippen LogP contribution is 2.50. The molecule has 0 radical (unpaired) electrons. The summed E-state index contributed by atoms with van der Waals surface area (Å²) in [6.45, 7) is 5.10. The lowest BCUT2D eigenvalue weighted by Crippen LogP contribution is -2.41. The second-order valence-corrected chi connectivity index (χ2v) is 9.85. The minimum atomic E-state index is -0.772. The molecule has 1 saturated carbocycles. The average Bonchev–Trinajstić information content (AvgIpc) is 3.30. The number of H-pyrrole nitrogens is 1. The van der Waals surface area contributed by atoms with Gasteiger partial charge in [-0.15, -0.1) is 0 Å². The molecule has 29 heavy (non-hydrogen) atoms. The van der Waals surface area contributed by atoms with Crippen molar-refractivity contribution in [1.82, 2.24) is 9.97 Å². The summed E-state index contributed by atoms with van der Waals surface area (Å²) in [5.41, 5.74) is 3.33. The lowest BCUT2D eigenvalue weighted by Gasteiger charge is -2.37. The van der Waals surface area contributed by atoms with Crippen molar-refractivity contribution in [2.24, 2.45) is 5.92 Å². The molecule has 2 aromatic heterocycles. The van der Waals surface area contributed by atoms with Crippen molar-refractivity contribution in [1.29, 1.82) is 0 Å². The van der Waals surface area contributed by atoms with E-state index in [1.165, 1.54) is 5.56 Å². The smallest absolute Gasteiger partial charge is 0.126 e. The summed E-state index contributed by atoms with van der Waals surface area (Å²) in [6, 6.07) is 8.17. The van der Waals surface area contributed by atoms with Crippen molar-refractivity contribution >= 4 is 22.5 Å². The van der Waals surface area contributed by atoms with Crippen LogP contribution in [0.1, 0.15) is 49.9 Å². The maximum absolute atomic E-state index is 11.8. The van der Waals surface area contributed by atoms with Crippen LogP contribution >= 0.6 is 11.6 Å². The van der Waals surface area contributed by atoms with Gasteiger partial charge in [0.25, 0.3) is 0 Å². The van der Waals surface area contributed by atoms with Gasteiger partial charge in [-0.2, -0.15) is 0 Å². The summed E-state index contributed by atoms with van der Waals surface area (Å²) in [7, 11) is 0. The zero-order valence-electron chi connectivity index (χ0n) is 17.0. The molecule has 0 amide bonds. The van der Waals surface area contributed by atoms with Gasteiger partial charge in [0, 0.05) is 40.7 Å². The number of aliphatic hydroxyl groups is 1. The fraction of sp³-hybridized carbons (Fsp3) is 0.458. The largest absolute Gasteiger partial charge is 0.493 e. The number of halogens is 1. The highest BCUT2D eigenvalue weighted by Gasteiger charge is 2.48. The van der Waals surface area contributed by atoms with Crippen molar-refractivity contribution in [2.45, 2.75) is 57.0 Å². The van der Waals surface area contributed by atoms with Crippen LogP contribution in [0.3, 0.4) is 0 Å². The number of nitrogens with one attached hydrogen (secondary N) is 1. The molecule has 4 nitrogen and oxygen atoms in total. The number of aromatic nitrogens is 2. The van der Waals surface area contributed by atoms with Crippen molar-refractivity contribution in [3.05, 3.63) is 58.5 Å². The van der Waals surface area contributed by atoms with Crippen LogP contribution in [0.2, 0.25) is 5.02 Å². The third kappa shape index (κ3) is 3.53. The number of hydrogen-bond donors (Lipinski definition) is 2. The van der Waals surface area contributed by atoms with Gasteiger partial charge in [0.05, 0.1) is 23.9 Å². The average molecular weight is 411 g/mol. The van der Waals surface area contributed by atoms with E-state index in [1.807, 2.05) is 24.4 Å². The van der Waals surface area contributed by atoms with Gasteiger partial charge in [-0.25, -0.2) is 0 Å². The normalized spacial score (nSPS) is 18.5. The maximum atomic E-state index is 11.8. The number of aromatic amines is 1. The second-order valence-electron chi connectivity index (χ2n) is 9.41. The fourth-order valence-electron chi connectivity index (χ4n) is 5.06. The molecule has 152 valence electrons. The van der Waals surface area contributed by atoms with E-state index in [0.29, 0.717) is 25.4 Å². The van der Waals surface area contributed by atoms with Gasteiger partial charge in [0.2, 0.25) is 0 Å². The Morgan fingerprint density at radius 3 is 2.86 bits per heavy atom. The van der Waals surface area contributed by atoms with Crippen LogP contribution in [0.15, 0.2) is 36.7 Å². The van der Waals surface area contributed by atoms with Gasteiger partial charge in [0.15, 0.2) is 0 Å². The molecule has 0 bridgehead atoms. The highest BCUT2D eigenvalue weighted by atomic mass is 35.5. The fourth-order valence-corrected chi connectivity index (χ4v) is 5.30. The topological polar surface area (TPSA) is 58.1 Å². The van der Waals surface area contributed by atoms with Gasteiger partial charge < -0.3 is 14.8 Å². The van der Waals surface area contributed by atoms with Crippen molar-refractivity contribution in [2.75, 3.05) is 6.61 Å². The first-order valence-electron chi connectivity index (χ1n) is 10.4. The maximum Gasteiger partial charge on any atom is 0.126 e. The Labute approximate surface area is 176 Å². The first-order chi connectivity index (χ1) is 13.8. The van der Waals surface area contributed by atoms with Gasteiger partial charge in [-0.1, -0.05) is 25.4 Å². The number of pyridine rings is 1. The molecule has 1 aromatic carbocycles. The molecule has 1 atom stereocenters. The second kappa shape index (κ2) is 6.75. The Morgan fingerprint density at radius 1 is 1.28 bits per heavy atom. The lowest BCUT2D eigenvalue weighted by atomic mass is 9.71. The summed E-state index contributed by atoms with van der Waals surface area (Å²) in [4.78, 5) is 7.63. The Balaban J connectivity index is 1.47. The van der Waals surface area contributed by atoms with Gasteiger partial charge >= 0.3 is 0 Å². The molecular weight excluding hydrogens is 384 g/mol. The molecule has 2 N–H and O–H groups in total. The summed E-state index contributed by atoms with van der Waals surface area (Å²) >= 11 is 6.43. The predicted molar refractivity (Wildman–Crippen MR) is 116 cm³/mol. The highest BCUT2D eigenvalue weighted by molar-refractivity contribution is 6.30. The molecule has 3 heterocycles. The third-order valence-corrected chi connectivity index (χ3v) is 6.76.